The molecule has 2 saturated heterocycles. The van der Waals surface area contributed by atoms with E-state index in [2.05, 4.69) is 46.7 Å². The number of aliphatic hydroxyl groups is 1. The number of amides is 4. The van der Waals surface area contributed by atoms with Gasteiger partial charge in [0.1, 0.15) is 29.5 Å². The van der Waals surface area contributed by atoms with Gasteiger partial charge in [-0.25, -0.2) is 37.1 Å². The Bertz CT molecular complexity index is 2720. The maximum absolute atomic E-state index is 16.0. The number of morpholine rings is 1. The minimum atomic E-state index is -5.23. The average molecular weight is 1150 g/mol. The molecule has 2 fully saturated rings. The molecule has 1 aromatic heterocycles. The maximum atomic E-state index is 16.0. The first kappa shape index (κ1) is 63.6. The van der Waals surface area contributed by atoms with Gasteiger partial charge in [-0.2, -0.15) is 26.3 Å². The number of allylic oxidation sites excluding steroid dienone is 1. The van der Waals surface area contributed by atoms with E-state index in [4.69, 9.17) is 10.1 Å². The monoisotopic (exact) mass is 1140 g/mol. The van der Waals surface area contributed by atoms with Crippen LogP contribution in [0.15, 0.2) is 67.0 Å². The molecule has 2 aliphatic heterocycles. The van der Waals surface area contributed by atoms with E-state index in [1.165, 1.54) is 24.3 Å². The van der Waals surface area contributed by atoms with Crippen LogP contribution < -0.4 is 31.6 Å². The van der Waals surface area contributed by atoms with Crippen molar-refractivity contribution < 1.29 is 82.4 Å². The number of anilines is 1. The summed E-state index contributed by atoms with van der Waals surface area (Å²) in [5.74, 6) is 0.633. The molecule has 5 rings (SSSR count). The lowest BCUT2D eigenvalue weighted by atomic mass is 9.82. The van der Waals surface area contributed by atoms with Crippen LogP contribution >= 0.6 is 0 Å². The van der Waals surface area contributed by atoms with Gasteiger partial charge in [0.25, 0.3) is 12.3 Å². The molecule has 3 heterocycles. The molecule has 4 amide bonds. The first-order valence-electron chi connectivity index (χ1n) is 24.7. The molecular weight excluding hydrogens is 1080 g/mol. The lowest BCUT2D eigenvalue weighted by Crippen LogP contribution is -2.63. The van der Waals surface area contributed by atoms with E-state index in [1.807, 2.05) is 16.8 Å². The lowest BCUT2D eigenvalue weighted by Gasteiger charge is -2.44. The summed E-state index contributed by atoms with van der Waals surface area (Å²) in [6.07, 6.45) is -15.4. The second-order valence-corrected chi connectivity index (χ2v) is 19.8. The quantitative estimate of drug-likeness (QED) is 0.0301. The number of aromatic nitrogens is 1. The number of alkyl carbamates (subject to hydrolysis) is 2. The first-order chi connectivity index (χ1) is 37.4. The molecule has 0 radical (unpaired) electrons. The normalized spacial score (nSPS) is 16.8. The van der Waals surface area contributed by atoms with Crippen LogP contribution in [0.25, 0.3) is 0 Å². The second-order valence-electron chi connectivity index (χ2n) is 19.8. The lowest BCUT2D eigenvalue weighted by molar-refractivity contribution is -0.221. The largest absolute Gasteiger partial charge is 0.453 e. The van der Waals surface area contributed by atoms with E-state index in [1.54, 1.807) is 17.6 Å². The Labute approximate surface area is 454 Å². The number of halogens is 10. The summed E-state index contributed by atoms with van der Waals surface area (Å²) in [5.41, 5.74) is -4.84. The van der Waals surface area contributed by atoms with Crippen LogP contribution in [-0.4, -0.2) is 165 Å². The summed E-state index contributed by atoms with van der Waals surface area (Å²) in [6, 6.07) is 4.35. The number of aliphatic hydroxyl groups excluding tert-OH is 1. The van der Waals surface area contributed by atoms with Crippen molar-refractivity contribution in [2.45, 2.75) is 89.7 Å². The third kappa shape index (κ3) is 16.9. The van der Waals surface area contributed by atoms with E-state index >= 15 is 8.78 Å². The predicted octanol–water partition coefficient (Wildman–Crippen LogP) is 5.56. The summed E-state index contributed by atoms with van der Waals surface area (Å²) in [6.45, 7) is 3.73. The number of alkyl halides is 8. The SMILES string of the molecule is COC(=O)N[C@H](C(=O)N[C@@H](Cc1ccc(C#Cc2ccc(N3CCN4CCOC[C@H]4C3)nc2)cc1)[C@@H](O)CN(Cc1c(F)cc(C(=N)/C=C\NCC(F)F)cc1F)NC(=O)[C@@H](NC(=O)OC)C(C)(C)C(F)(F)F)C(C)(C)C(F)(F)F. The summed E-state index contributed by atoms with van der Waals surface area (Å²) in [5, 5.41) is 28.8. The number of benzene rings is 2. The number of carbonyl (C=O) groups is 4. The number of fused-ring (bicyclic) bond motifs is 1. The van der Waals surface area contributed by atoms with Crippen molar-refractivity contribution in [2.24, 2.45) is 10.8 Å². The Hall–Kier alpha value is -7.22. The number of hydrogen-bond donors (Lipinski definition) is 7. The molecule has 7 N–H and O–H groups in total. The van der Waals surface area contributed by atoms with Gasteiger partial charge in [-0.3, -0.25) is 19.9 Å². The maximum Gasteiger partial charge on any atom is 0.407 e. The number of nitrogens with one attached hydrogen (secondary N) is 6. The molecule has 0 bridgehead atoms. The molecule has 5 atom stereocenters. The fraction of sp³-hybridized carbons (Fsp3) is 0.500. The zero-order chi connectivity index (χ0) is 59.3. The summed E-state index contributed by atoms with van der Waals surface area (Å²) in [7, 11) is 1.59. The Morgan fingerprint density at radius 2 is 1.43 bits per heavy atom. The van der Waals surface area contributed by atoms with Gasteiger partial charge in [-0.05, 0) is 88.4 Å². The molecule has 0 unspecified atom stereocenters. The number of hydrazine groups is 1. The van der Waals surface area contributed by atoms with Crippen molar-refractivity contribution in [2.75, 3.05) is 71.6 Å². The van der Waals surface area contributed by atoms with E-state index < -0.39 is 132 Å². The molecular formula is C52H62F10N10O8. The Balaban J connectivity index is 1.50. The van der Waals surface area contributed by atoms with Gasteiger partial charge in [0.05, 0.1) is 68.7 Å². The van der Waals surface area contributed by atoms with Gasteiger partial charge in [-0.1, -0.05) is 24.0 Å². The van der Waals surface area contributed by atoms with Crippen LogP contribution in [0.2, 0.25) is 0 Å². The highest BCUT2D eigenvalue weighted by Crippen LogP contribution is 2.42. The van der Waals surface area contributed by atoms with Crippen LogP contribution in [0.5, 0.6) is 0 Å². The van der Waals surface area contributed by atoms with Crippen molar-refractivity contribution in [3.05, 3.63) is 106 Å². The molecule has 18 nitrogen and oxygen atoms in total. The van der Waals surface area contributed by atoms with Gasteiger partial charge in [-0.15, -0.1) is 0 Å². The van der Waals surface area contributed by atoms with Crippen LogP contribution in [0.1, 0.15) is 55.5 Å². The second kappa shape index (κ2) is 27.3. The number of rotatable bonds is 21. The zero-order valence-electron chi connectivity index (χ0n) is 44.3. The molecule has 0 saturated carbocycles. The van der Waals surface area contributed by atoms with Crippen molar-refractivity contribution >= 4 is 35.5 Å². The van der Waals surface area contributed by atoms with Crippen molar-refractivity contribution in [1.82, 2.24) is 41.6 Å². The van der Waals surface area contributed by atoms with Crippen LogP contribution in [0, 0.1) is 39.7 Å². The van der Waals surface area contributed by atoms with E-state index in [-0.39, 0.29) is 11.6 Å². The fourth-order valence-corrected chi connectivity index (χ4v) is 8.32. The van der Waals surface area contributed by atoms with Gasteiger partial charge >= 0.3 is 24.5 Å². The van der Waals surface area contributed by atoms with Gasteiger partial charge in [0.15, 0.2) is 0 Å². The minimum Gasteiger partial charge on any atom is -0.453 e. The van der Waals surface area contributed by atoms with Crippen LogP contribution in [0.3, 0.4) is 0 Å². The smallest absolute Gasteiger partial charge is 0.407 e. The molecule has 438 valence electrons. The highest BCUT2D eigenvalue weighted by molar-refractivity contribution is 6.06. The third-order valence-corrected chi connectivity index (χ3v) is 13.5. The molecule has 3 aromatic rings. The molecule has 0 spiro atoms. The molecule has 0 aliphatic carbocycles. The van der Waals surface area contributed by atoms with E-state index in [9.17, 15) is 59.4 Å². The first-order valence-corrected chi connectivity index (χ1v) is 24.7. The molecule has 80 heavy (non-hydrogen) atoms. The number of hydrogen-bond acceptors (Lipinski definition) is 14. The standard InChI is InChI=1S/C52H62F10N10O8/c1-49(2,51(57,58)59)43(67-47(76)78-5)45(74)66-39(21-31-10-7-30(8-11-31)9-12-32-13-14-42(65-24-32)71-18-17-70-19-20-80-29-34(70)26-71)40(73)28-72(69-46(75)44(68-48(77)79-6)50(3,4)52(60,61)62)27-35-36(53)22-33(23-37(35)54)38(63)15-16-64-25-41(55)56/h7-8,10-11,13-16,22-24,34,39-41,43-44,63-64,73H,17-21,25-29H2,1-6H3,(H,66,74)(H,67,76)(H,68,77)(H,69,75)/b16-15-,63-38?/t34-,39+,40+,43-,44-/m1/s1. The highest BCUT2D eigenvalue weighted by atomic mass is 19.4. The third-order valence-electron chi connectivity index (χ3n) is 13.5. The Morgan fingerprint density at radius 1 is 0.850 bits per heavy atom. The number of methoxy groups -OCH3 is 2. The number of piperazine rings is 1. The van der Waals surface area contributed by atoms with Crippen molar-refractivity contribution in [3.63, 3.8) is 0 Å². The zero-order valence-corrected chi connectivity index (χ0v) is 44.3. The van der Waals surface area contributed by atoms with Crippen LogP contribution in [-0.2, 0) is 36.8 Å². The number of carbonyl (C=O) groups excluding carboxylic acids is 4. The van der Waals surface area contributed by atoms with Crippen molar-refractivity contribution in [1.29, 1.82) is 5.41 Å². The van der Waals surface area contributed by atoms with Gasteiger partial charge in [0.2, 0.25) is 5.91 Å². The minimum absolute atomic E-state index is 0.250. The number of ether oxygens (including phenoxy) is 3. The number of nitrogens with zero attached hydrogens (tertiary/aromatic N) is 4. The molecule has 2 aliphatic rings. The van der Waals surface area contributed by atoms with Gasteiger partial charge < -0.3 is 50.9 Å². The number of pyridine rings is 1. The Morgan fingerprint density at radius 3 is 1.98 bits per heavy atom. The summed E-state index contributed by atoms with van der Waals surface area (Å²) in [4.78, 5) is 61.9. The van der Waals surface area contributed by atoms with Crippen molar-refractivity contribution in [3.8, 4) is 11.8 Å². The summed E-state index contributed by atoms with van der Waals surface area (Å²) < 4.78 is 159. The highest BCUT2D eigenvalue weighted by Gasteiger charge is 2.57. The fourth-order valence-electron chi connectivity index (χ4n) is 8.32. The van der Waals surface area contributed by atoms with E-state index in [0.717, 1.165) is 58.5 Å². The van der Waals surface area contributed by atoms with Crippen LogP contribution in [0.4, 0.5) is 59.3 Å². The predicted molar refractivity (Wildman–Crippen MR) is 270 cm³/mol. The topological polar surface area (TPSA) is 223 Å². The Kier molecular flexibility index (Phi) is 21.7. The average Bonchev–Trinajstić information content (AvgIpc) is 3.41. The summed E-state index contributed by atoms with van der Waals surface area (Å²) >= 11 is 0. The molecule has 2 aromatic carbocycles. The molecule has 28 heteroatoms. The van der Waals surface area contributed by atoms with Gasteiger partial charge in [0, 0.05) is 67.7 Å². The van der Waals surface area contributed by atoms with E-state index in [0.29, 0.717) is 69.2 Å².